The molecule has 2 aromatic heterocycles. The lowest BCUT2D eigenvalue weighted by Gasteiger charge is -2.32. The van der Waals surface area contributed by atoms with Crippen molar-refractivity contribution in [2.75, 3.05) is 11.4 Å². The number of hydrogen-bond donors (Lipinski definition) is 2. The molecule has 0 radical (unpaired) electrons. The van der Waals surface area contributed by atoms with Gasteiger partial charge in [-0.15, -0.1) is 0 Å². The van der Waals surface area contributed by atoms with Crippen molar-refractivity contribution in [3.8, 4) is 0 Å². The minimum atomic E-state index is -1.02. The van der Waals surface area contributed by atoms with E-state index in [4.69, 9.17) is 8.83 Å². The first-order chi connectivity index (χ1) is 16.4. The second-order valence-corrected chi connectivity index (χ2v) is 8.62. The zero-order chi connectivity index (χ0) is 24.1. The highest BCUT2D eigenvalue weighted by Gasteiger charge is 2.37. The molecule has 1 fully saturated rings. The lowest BCUT2D eigenvalue weighted by Crippen LogP contribution is -2.49. The topological polar surface area (TPSA) is 105 Å². The Morgan fingerprint density at radius 3 is 2.44 bits per heavy atom. The number of nitrogens with zero attached hydrogens (tertiary/aromatic N) is 1. The fraction of sp³-hybridized carbons (Fsp3) is 0.346. The average Bonchev–Trinajstić information content (AvgIpc) is 3.61. The van der Waals surface area contributed by atoms with Gasteiger partial charge in [-0.2, -0.15) is 0 Å². The van der Waals surface area contributed by atoms with Crippen LogP contribution in [0.25, 0.3) is 0 Å². The van der Waals surface area contributed by atoms with Crippen molar-refractivity contribution < 1.29 is 23.2 Å². The minimum Gasteiger partial charge on any atom is -0.467 e. The Bertz CT molecular complexity index is 1130. The summed E-state index contributed by atoms with van der Waals surface area (Å²) in [7, 11) is 0. The predicted octanol–water partition coefficient (Wildman–Crippen LogP) is 4.05. The summed E-state index contributed by atoms with van der Waals surface area (Å²) in [5.41, 5.74) is 2.34. The van der Waals surface area contributed by atoms with Gasteiger partial charge >= 0.3 is 0 Å². The SMILES string of the molecule is Cc1ccc(C)c(N(C(=O)CNC(=O)c2ccco2)[C@@H](C(=O)NC2CCCC2)c2ccco2)c1. The van der Waals surface area contributed by atoms with Crippen molar-refractivity contribution in [1.29, 1.82) is 0 Å². The van der Waals surface area contributed by atoms with Gasteiger partial charge in [0.15, 0.2) is 11.8 Å². The fourth-order valence-corrected chi connectivity index (χ4v) is 4.30. The minimum absolute atomic E-state index is 0.0687. The Morgan fingerprint density at radius 2 is 1.76 bits per heavy atom. The maximum atomic E-state index is 13.6. The molecule has 0 unspecified atom stereocenters. The van der Waals surface area contributed by atoms with E-state index in [-0.39, 0.29) is 24.3 Å². The predicted molar refractivity (Wildman–Crippen MR) is 126 cm³/mol. The third kappa shape index (κ3) is 5.22. The zero-order valence-corrected chi connectivity index (χ0v) is 19.4. The van der Waals surface area contributed by atoms with Crippen LogP contribution in [0.1, 0.15) is 59.2 Å². The summed E-state index contributed by atoms with van der Waals surface area (Å²) in [5, 5.41) is 5.69. The molecule has 3 aromatic rings. The maximum absolute atomic E-state index is 13.6. The van der Waals surface area contributed by atoms with Gasteiger partial charge in [0.1, 0.15) is 5.76 Å². The van der Waals surface area contributed by atoms with Crippen LogP contribution in [0.2, 0.25) is 0 Å². The van der Waals surface area contributed by atoms with Gasteiger partial charge in [-0.25, -0.2) is 0 Å². The van der Waals surface area contributed by atoms with Crippen LogP contribution in [0.15, 0.2) is 63.8 Å². The number of nitrogens with one attached hydrogen (secondary N) is 2. The van der Waals surface area contributed by atoms with E-state index in [0.29, 0.717) is 11.4 Å². The molecular weight excluding hydrogens is 434 g/mol. The normalized spacial score (nSPS) is 14.5. The number of benzene rings is 1. The van der Waals surface area contributed by atoms with Crippen molar-refractivity contribution in [3.63, 3.8) is 0 Å². The quantitative estimate of drug-likeness (QED) is 0.524. The van der Waals surface area contributed by atoms with Crippen molar-refractivity contribution in [2.45, 2.75) is 51.6 Å². The summed E-state index contributed by atoms with van der Waals surface area (Å²) in [6, 6.07) is 11.2. The summed E-state index contributed by atoms with van der Waals surface area (Å²) in [6.07, 6.45) is 6.82. The second kappa shape index (κ2) is 10.4. The van der Waals surface area contributed by atoms with Gasteiger partial charge in [-0.1, -0.05) is 25.0 Å². The molecule has 2 heterocycles. The number of furan rings is 2. The number of amides is 3. The van der Waals surface area contributed by atoms with Gasteiger partial charge in [0.25, 0.3) is 11.8 Å². The molecule has 0 aliphatic heterocycles. The molecule has 1 aliphatic carbocycles. The highest BCUT2D eigenvalue weighted by molar-refractivity contribution is 6.04. The molecule has 3 amide bonds. The van der Waals surface area contributed by atoms with Crippen LogP contribution in [0.5, 0.6) is 0 Å². The lowest BCUT2D eigenvalue weighted by atomic mass is 10.0. The first kappa shape index (κ1) is 23.4. The first-order valence-corrected chi connectivity index (χ1v) is 11.5. The first-order valence-electron chi connectivity index (χ1n) is 11.5. The van der Waals surface area contributed by atoms with Crippen LogP contribution >= 0.6 is 0 Å². The molecule has 4 rings (SSSR count). The molecule has 178 valence electrons. The van der Waals surface area contributed by atoms with Crippen molar-refractivity contribution in [1.82, 2.24) is 10.6 Å². The highest BCUT2D eigenvalue weighted by atomic mass is 16.3. The van der Waals surface area contributed by atoms with Gasteiger partial charge < -0.3 is 19.5 Å². The largest absolute Gasteiger partial charge is 0.467 e. The molecule has 2 N–H and O–H groups in total. The highest BCUT2D eigenvalue weighted by Crippen LogP contribution is 2.32. The van der Waals surface area contributed by atoms with Gasteiger partial charge in [0.05, 0.1) is 19.1 Å². The van der Waals surface area contributed by atoms with Gasteiger partial charge in [0.2, 0.25) is 5.91 Å². The monoisotopic (exact) mass is 463 g/mol. The molecule has 0 spiro atoms. The molecule has 0 saturated heterocycles. The van der Waals surface area contributed by atoms with Crippen molar-refractivity contribution in [3.05, 3.63) is 77.6 Å². The fourth-order valence-electron chi connectivity index (χ4n) is 4.30. The van der Waals surface area contributed by atoms with E-state index in [2.05, 4.69) is 10.6 Å². The summed E-state index contributed by atoms with van der Waals surface area (Å²) in [6.45, 7) is 3.48. The Kier molecular flexibility index (Phi) is 7.15. The number of anilines is 1. The van der Waals surface area contributed by atoms with Crippen LogP contribution in [0.4, 0.5) is 5.69 Å². The number of carbonyl (C=O) groups excluding carboxylic acids is 3. The van der Waals surface area contributed by atoms with Crippen LogP contribution in [-0.4, -0.2) is 30.3 Å². The molecule has 0 bridgehead atoms. The molecule has 1 atom stereocenters. The summed E-state index contributed by atoms with van der Waals surface area (Å²) in [4.78, 5) is 41.0. The zero-order valence-electron chi connectivity index (χ0n) is 19.4. The van der Waals surface area contributed by atoms with Gasteiger partial charge in [0, 0.05) is 11.7 Å². The Balaban J connectivity index is 1.68. The molecule has 1 aromatic carbocycles. The molecule has 34 heavy (non-hydrogen) atoms. The average molecular weight is 464 g/mol. The van der Waals surface area contributed by atoms with E-state index in [1.807, 2.05) is 32.0 Å². The van der Waals surface area contributed by atoms with Crippen LogP contribution < -0.4 is 15.5 Å². The van der Waals surface area contributed by atoms with Gasteiger partial charge in [-0.3, -0.25) is 19.3 Å². The Hall–Kier alpha value is -3.81. The van der Waals surface area contributed by atoms with E-state index in [1.165, 1.54) is 23.5 Å². The molecular formula is C26H29N3O5. The third-order valence-electron chi connectivity index (χ3n) is 6.06. The summed E-state index contributed by atoms with van der Waals surface area (Å²) < 4.78 is 10.7. The molecule has 1 aliphatic rings. The third-order valence-corrected chi connectivity index (χ3v) is 6.06. The molecule has 1 saturated carbocycles. The van der Waals surface area contributed by atoms with E-state index in [1.54, 1.807) is 18.2 Å². The second-order valence-electron chi connectivity index (χ2n) is 8.62. The van der Waals surface area contributed by atoms with Crippen molar-refractivity contribution >= 4 is 23.4 Å². The molecule has 8 nitrogen and oxygen atoms in total. The van der Waals surface area contributed by atoms with E-state index < -0.39 is 17.9 Å². The summed E-state index contributed by atoms with van der Waals surface area (Å²) >= 11 is 0. The number of rotatable bonds is 8. The van der Waals surface area contributed by atoms with Gasteiger partial charge in [-0.05, 0) is 68.1 Å². The number of hydrogen-bond acceptors (Lipinski definition) is 5. The Morgan fingerprint density at radius 1 is 1.03 bits per heavy atom. The Labute approximate surface area is 198 Å². The van der Waals surface area contributed by atoms with E-state index in [9.17, 15) is 14.4 Å². The molecule has 8 heteroatoms. The van der Waals surface area contributed by atoms with Crippen LogP contribution in [-0.2, 0) is 9.59 Å². The number of carbonyl (C=O) groups is 3. The van der Waals surface area contributed by atoms with Crippen LogP contribution in [0, 0.1) is 13.8 Å². The van der Waals surface area contributed by atoms with Crippen molar-refractivity contribution in [2.24, 2.45) is 0 Å². The summed E-state index contributed by atoms with van der Waals surface area (Å²) in [5.74, 6) is -0.816. The van der Waals surface area contributed by atoms with Crippen LogP contribution in [0.3, 0.4) is 0 Å². The standard InChI is InChI=1S/C26H29N3O5/c1-17-11-12-18(2)20(15-17)29(23(30)16-27-25(31)22-10-6-14-34-22)24(21-9-5-13-33-21)26(32)28-19-7-3-4-8-19/h5-6,9-15,19,24H,3-4,7-8,16H2,1-2H3,(H,27,31)(H,28,32)/t24-/m1/s1. The van der Waals surface area contributed by atoms with E-state index >= 15 is 0 Å². The van der Waals surface area contributed by atoms with E-state index in [0.717, 1.165) is 36.8 Å². The smallest absolute Gasteiger partial charge is 0.287 e. The lowest BCUT2D eigenvalue weighted by molar-refractivity contribution is -0.127. The maximum Gasteiger partial charge on any atom is 0.287 e. The number of aryl methyl sites for hydroxylation is 2.